The van der Waals surface area contributed by atoms with Gasteiger partial charge in [-0.2, -0.15) is 17.9 Å². The number of nitrogens with one attached hydrogen (secondary N) is 1. The fourth-order valence-electron chi connectivity index (χ4n) is 3.62. The van der Waals surface area contributed by atoms with E-state index in [-0.39, 0.29) is 17.1 Å². The minimum Gasteiger partial charge on any atom is -0.284 e. The minimum absolute atomic E-state index is 0.0490. The Balaban J connectivity index is 1.71. The molecule has 1 N–H and O–H groups in total. The third-order valence-corrected chi connectivity index (χ3v) is 8.57. The van der Waals surface area contributed by atoms with Crippen molar-refractivity contribution in [2.45, 2.75) is 31.2 Å². The quantitative estimate of drug-likeness (QED) is 0.518. The van der Waals surface area contributed by atoms with Gasteiger partial charge in [-0.25, -0.2) is 12.8 Å². The molecule has 0 fully saturated rings. The van der Waals surface area contributed by atoms with Crippen LogP contribution in [0.3, 0.4) is 0 Å². The smallest absolute Gasteiger partial charge is 0.279 e. The van der Waals surface area contributed by atoms with Gasteiger partial charge in [0.25, 0.3) is 10.0 Å². The number of hydrogen-bond donors (Lipinski definition) is 1. The lowest BCUT2D eigenvalue weighted by Crippen LogP contribution is -2.27. The number of nitrogens with zero attached hydrogens (tertiary/aromatic N) is 2. The largest absolute Gasteiger partial charge is 0.284 e. The van der Waals surface area contributed by atoms with Crippen molar-refractivity contribution < 1.29 is 21.2 Å². The molecule has 0 saturated carbocycles. The van der Waals surface area contributed by atoms with Crippen molar-refractivity contribution in [1.82, 2.24) is 4.41 Å². The van der Waals surface area contributed by atoms with E-state index >= 15 is 0 Å². The van der Waals surface area contributed by atoms with Crippen molar-refractivity contribution in [3.63, 3.8) is 0 Å². The second-order valence-electron chi connectivity index (χ2n) is 7.99. The molecule has 1 heterocycles. The first-order valence-electron chi connectivity index (χ1n) is 10.6. The van der Waals surface area contributed by atoms with Gasteiger partial charge in [0, 0.05) is 12.1 Å². The average molecular weight is 502 g/mol. The lowest BCUT2D eigenvalue weighted by atomic mass is 9.99. The zero-order valence-electron chi connectivity index (χ0n) is 18.6. The molecule has 3 aromatic rings. The number of hydrogen-bond acceptors (Lipinski definition) is 5. The standard InChI is InChI=1S/C24H24FN3O4S2/c1-3-33(29,30)27-21-12-8-18(9-13-21)23-16-24(19-6-10-20(25)11-7-19)28(26-23)34(31,32)22-14-4-17(2)5-15-22/h4-15,24,27H,3,16H2,1-2H3/t24-/m1/s1. The molecule has 0 bridgehead atoms. The van der Waals surface area contributed by atoms with Crippen molar-refractivity contribution in [2.75, 3.05) is 10.5 Å². The molecule has 0 aliphatic carbocycles. The predicted molar refractivity (Wildman–Crippen MR) is 130 cm³/mol. The number of sulfonamides is 2. The van der Waals surface area contributed by atoms with Crippen molar-refractivity contribution in [3.05, 3.63) is 95.3 Å². The fraction of sp³-hybridized carbons (Fsp3) is 0.208. The van der Waals surface area contributed by atoms with Crippen LogP contribution >= 0.6 is 0 Å². The zero-order chi connectivity index (χ0) is 24.5. The van der Waals surface area contributed by atoms with E-state index in [9.17, 15) is 21.2 Å². The SMILES string of the molecule is CCS(=O)(=O)Nc1ccc(C2=NN(S(=O)(=O)c3ccc(C)cc3)[C@@H](c3ccc(F)cc3)C2)cc1. The van der Waals surface area contributed by atoms with Gasteiger partial charge in [0.05, 0.1) is 22.4 Å². The van der Waals surface area contributed by atoms with Gasteiger partial charge in [-0.3, -0.25) is 4.72 Å². The molecule has 7 nitrogen and oxygen atoms in total. The number of benzene rings is 3. The van der Waals surface area contributed by atoms with Gasteiger partial charge in [0.2, 0.25) is 10.0 Å². The predicted octanol–water partition coefficient (Wildman–Crippen LogP) is 4.44. The number of rotatable bonds is 7. The zero-order valence-corrected chi connectivity index (χ0v) is 20.3. The monoisotopic (exact) mass is 501 g/mol. The van der Waals surface area contributed by atoms with Gasteiger partial charge in [0.1, 0.15) is 5.82 Å². The van der Waals surface area contributed by atoms with Crippen LogP contribution in [0, 0.1) is 12.7 Å². The molecule has 0 amide bonds. The Kier molecular flexibility index (Phi) is 6.46. The van der Waals surface area contributed by atoms with Gasteiger partial charge in [-0.15, -0.1) is 0 Å². The van der Waals surface area contributed by atoms with Gasteiger partial charge in [-0.1, -0.05) is 42.0 Å². The van der Waals surface area contributed by atoms with Crippen LogP contribution in [0.25, 0.3) is 0 Å². The summed E-state index contributed by atoms with van der Waals surface area (Å²) in [4.78, 5) is 0.111. The topological polar surface area (TPSA) is 95.9 Å². The summed E-state index contributed by atoms with van der Waals surface area (Å²) in [6.07, 6.45) is 0.275. The summed E-state index contributed by atoms with van der Waals surface area (Å²) in [7, 11) is -7.39. The molecule has 178 valence electrons. The van der Waals surface area contributed by atoms with Crippen LogP contribution in [0.1, 0.15) is 36.1 Å². The molecule has 0 spiro atoms. The van der Waals surface area contributed by atoms with Crippen LogP contribution < -0.4 is 4.72 Å². The van der Waals surface area contributed by atoms with E-state index < -0.39 is 31.9 Å². The van der Waals surface area contributed by atoms with E-state index in [2.05, 4.69) is 9.82 Å². The summed E-state index contributed by atoms with van der Waals surface area (Å²) in [6.45, 7) is 3.41. The van der Waals surface area contributed by atoms with Gasteiger partial charge in [-0.05, 0) is 61.4 Å². The second-order valence-corrected chi connectivity index (χ2v) is 11.8. The van der Waals surface area contributed by atoms with Crippen molar-refractivity contribution in [1.29, 1.82) is 0 Å². The molecule has 0 radical (unpaired) electrons. The van der Waals surface area contributed by atoms with Crippen LogP contribution in [0.4, 0.5) is 10.1 Å². The maximum Gasteiger partial charge on any atom is 0.279 e. The maximum atomic E-state index is 13.5. The first-order chi connectivity index (χ1) is 16.1. The Morgan fingerprint density at radius 3 is 2.15 bits per heavy atom. The van der Waals surface area contributed by atoms with Crippen LogP contribution in [-0.4, -0.2) is 32.7 Å². The molecule has 10 heteroatoms. The molecule has 0 unspecified atom stereocenters. The van der Waals surface area contributed by atoms with Gasteiger partial charge < -0.3 is 0 Å². The van der Waals surface area contributed by atoms with E-state index in [1.165, 1.54) is 24.3 Å². The maximum absolute atomic E-state index is 13.5. The van der Waals surface area contributed by atoms with E-state index in [0.29, 0.717) is 22.5 Å². The van der Waals surface area contributed by atoms with Gasteiger partial charge in [0.15, 0.2) is 0 Å². The highest BCUT2D eigenvalue weighted by Gasteiger charge is 2.37. The molecule has 1 aliphatic heterocycles. The average Bonchev–Trinajstić information content (AvgIpc) is 3.26. The van der Waals surface area contributed by atoms with Crippen molar-refractivity contribution in [3.8, 4) is 0 Å². The lowest BCUT2D eigenvalue weighted by molar-refractivity contribution is 0.371. The Morgan fingerprint density at radius 2 is 1.56 bits per heavy atom. The van der Waals surface area contributed by atoms with Crippen LogP contribution in [0.2, 0.25) is 0 Å². The van der Waals surface area contributed by atoms with Crippen molar-refractivity contribution in [2.24, 2.45) is 5.10 Å². The third-order valence-electron chi connectivity index (χ3n) is 5.56. The van der Waals surface area contributed by atoms with Crippen LogP contribution in [-0.2, 0) is 20.0 Å². The highest BCUT2D eigenvalue weighted by molar-refractivity contribution is 7.92. The highest BCUT2D eigenvalue weighted by Crippen LogP contribution is 2.37. The van der Waals surface area contributed by atoms with Crippen LogP contribution in [0.15, 0.2) is 82.8 Å². The molecular weight excluding hydrogens is 477 g/mol. The van der Waals surface area contributed by atoms with Gasteiger partial charge >= 0.3 is 0 Å². The molecule has 4 rings (SSSR count). The van der Waals surface area contributed by atoms with E-state index in [0.717, 1.165) is 9.98 Å². The summed E-state index contributed by atoms with van der Waals surface area (Å²) in [6, 6.07) is 18.1. The normalized spacial score (nSPS) is 16.4. The summed E-state index contributed by atoms with van der Waals surface area (Å²) >= 11 is 0. The minimum atomic E-state index is -3.98. The number of halogens is 1. The Labute approximate surface area is 199 Å². The Morgan fingerprint density at radius 1 is 0.941 bits per heavy atom. The number of anilines is 1. The lowest BCUT2D eigenvalue weighted by Gasteiger charge is -2.23. The first kappa shape index (κ1) is 23.9. The number of hydrazone groups is 1. The molecule has 1 aliphatic rings. The van der Waals surface area contributed by atoms with E-state index in [1.54, 1.807) is 55.5 Å². The molecule has 0 aromatic heterocycles. The molecule has 0 saturated heterocycles. The molecule has 3 aromatic carbocycles. The first-order valence-corrected chi connectivity index (χ1v) is 13.7. The summed E-state index contributed by atoms with van der Waals surface area (Å²) in [5.41, 5.74) is 3.13. The fourth-order valence-corrected chi connectivity index (χ4v) is 5.69. The Bertz CT molecular complexity index is 1420. The molecule has 34 heavy (non-hydrogen) atoms. The summed E-state index contributed by atoms with van der Waals surface area (Å²) in [5.74, 6) is -0.465. The van der Waals surface area contributed by atoms with E-state index in [1.807, 2.05) is 6.92 Å². The second kappa shape index (κ2) is 9.19. The molecule has 1 atom stereocenters. The molecular formula is C24H24FN3O4S2. The summed E-state index contributed by atoms with van der Waals surface area (Å²) in [5, 5.41) is 4.46. The van der Waals surface area contributed by atoms with Crippen LogP contribution in [0.5, 0.6) is 0 Å². The highest BCUT2D eigenvalue weighted by atomic mass is 32.2. The van der Waals surface area contributed by atoms with Crippen molar-refractivity contribution >= 4 is 31.4 Å². The van der Waals surface area contributed by atoms with E-state index in [4.69, 9.17) is 0 Å². The summed E-state index contributed by atoms with van der Waals surface area (Å²) < 4.78 is 67.7. The number of aryl methyl sites for hydroxylation is 1. The Hall–Kier alpha value is -3.24. The third kappa shape index (κ3) is 4.97.